The Hall–Kier alpha value is -1.95. The Balaban J connectivity index is 1.92. The average Bonchev–Trinajstić information content (AvgIpc) is 2.69. The van der Waals surface area contributed by atoms with Crippen molar-refractivity contribution in [3.63, 3.8) is 0 Å². The number of anilines is 1. The lowest BCUT2D eigenvalue weighted by molar-refractivity contribution is -0.116. The molecule has 1 unspecified atom stereocenters. The number of amides is 1. The summed E-state index contributed by atoms with van der Waals surface area (Å²) >= 11 is 0. The Morgan fingerprint density at radius 1 is 1.25 bits per heavy atom. The van der Waals surface area contributed by atoms with Crippen LogP contribution in [-0.2, 0) is 14.6 Å². The van der Waals surface area contributed by atoms with E-state index in [1.807, 2.05) is 0 Å². The predicted octanol–water partition coefficient (Wildman–Crippen LogP) is 1.78. The van der Waals surface area contributed by atoms with Gasteiger partial charge in [0.25, 0.3) is 0 Å². The van der Waals surface area contributed by atoms with Crippen LogP contribution in [0, 0.1) is 5.92 Å². The summed E-state index contributed by atoms with van der Waals surface area (Å²) in [6.45, 7) is 1.47. The maximum Gasteiger partial charge on any atom is 0.224 e. The first-order valence-corrected chi connectivity index (χ1v) is 7.89. The molecule has 0 bridgehead atoms. The molecule has 1 aliphatic heterocycles. The van der Waals surface area contributed by atoms with Gasteiger partial charge in [-0.25, -0.2) is 8.42 Å². The number of nitrogens with one attached hydrogen (secondary N) is 1. The monoisotopic (exact) mass is 293 g/mol. The quantitative estimate of drug-likeness (QED) is 0.858. The second kappa shape index (κ2) is 5.58. The lowest BCUT2D eigenvalue weighted by Gasteiger charge is -2.08. The van der Waals surface area contributed by atoms with Crippen LogP contribution in [-0.4, -0.2) is 25.9 Å². The minimum atomic E-state index is -3.13. The fraction of sp³-hybridized carbons (Fsp3) is 0.286. The molecule has 1 aliphatic rings. The minimum absolute atomic E-state index is 0.0102. The summed E-state index contributed by atoms with van der Waals surface area (Å²) in [4.78, 5) is 22.9. The van der Waals surface area contributed by atoms with E-state index in [1.165, 1.54) is 6.92 Å². The number of benzene rings is 1. The van der Waals surface area contributed by atoms with E-state index in [2.05, 4.69) is 5.32 Å². The number of rotatable bonds is 4. The lowest BCUT2D eigenvalue weighted by atomic mass is 10.1. The summed E-state index contributed by atoms with van der Waals surface area (Å²) in [5.74, 6) is -0.558. The summed E-state index contributed by atoms with van der Waals surface area (Å²) in [6, 6.07) is 6.57. The van der Waals surface area contributed by atoms with Crippen LogP contribution >= 0.6 is 0 Å². The van der Waals surface area contributed by atoms with Crippen LogP contribution in [0.4, 0.5) is 5.69 Å². The number of carbonyl (C=O) groups is 2. The number of hydrogen-bond acceptors (Lipinski definition) is 4. The van der Waals surface area contributed by atoms with Gasteiger partial charge in [0.05, 0.1) is 5.75 Å². The Kier molecular flexibility index (Phi) is 4.04. The molecule has 0 spiro atoms. The molecule has 1 aromatic rings. The Morgan fingerprint density at radius 3 is 2.40 bits per heavy atom. The predicted molar refractivity (Wildman–Crippen MR) is 76.1 cm³/mol. The third-order valence-electron chi connectivity index (χ3n) is 3.03. The van der Waals surface area contributed by atoms with E-state index >= 15 is 0 Å². The van der Waals surface area contributed by atoms with Crippen molar-refractivity contribution < 1.29 is 18.0 Å². The van der Waals surface area contributed by atoms with Gasteiger partial charge in [-0.2, -0.15) is 0 Å². The van der Waals surface area contributed by atoms with E-state index in [1.54, 1.807) is 30.3 Å². The highest BCUT2D eigenvalue weighted by Gasteiger charge is 2.23. The fourth-order valence-corrected chi connectivity index (χ4v) is 3.40. The van der Waals surface area contributed by atoms with Crippen molar-refractivity contribution >= 4 is 27.2 Å². The number of carbonyl (C=O) groups excluding carboxylic acids is 2. The van der Waals surface area contributed by atoms with Crippen molar-refractivity contribution in [2.45, 2.75) is 13.3 Å². The normalized spacial score (nSPS) is 19.8. The van der Waals surface area contributed by atoms with E-state index in [4.69, 9.17) is 0 Å². The smallest absolute Gasteiger partial charge is 0.224 e. The van der Waals surface area contributed by atoms with Crippen LogP contribution in [0.15, 0.2) is 35.7 Å². The van der Waals surface area contributed by atoms with Gasteiger partial charge in [0.1, 0.15) is 0 Å². The fourth-order valence-electron chi connectivity index (χ4n) is 2.01. The molecule has 2 rings (SSSR count). The molecule has 1 aromatic carbocycles. The van der Waals surface area contributed by atoms with Crippen LogP contribution in [0.25, 0.3) is 0 Å². The number of sulfone groups is 1. The maximum atomic E-state index is 11.8. The van der Waals surface area contributed by atoms with Crippen LogP contribution in [0.5, 0.6) is 0 Å². The summed E-state index contributed by atoms with van der Waals surface area (Å²) in [5.41, 5.74) is 1.16. The summed E-state index contributed by atoms with van der Waals surface area (Å²) < 4.78 is 22.5. The third kappa shape index (κ3) is 3.77. The average molecular weight is 293 g/mol. The van der Waals surface area contributed by atoms with Crippen molar-refractivity contribution in [3.05, 3.63) is 41.3 Å². The first kappa shape index (κ1) is 14.5. The van der Waals surface area contributed by atoms with Gasteiger partial charge in [0.15, 0.2) is 15.6 Å². The number of ketones is 1. The van der Waals surface area contributed by atoms with Crippen LogP contribution in [0.3, 0.4) is 0 Å². The first-order chi connectivity index (χ1) is 9.35. The standard InChI is InChI=1S/C14H15NO4S/c1-10(16)12-2-4-13(5-3-12)15-14(17)8-11-6-7-20(18,19)9-11/h2-7,11H,8-9H2,1H3,(H,15,17). The molecule has 0 aliphatic carbocycles. The first-order valence-electron chi connectivity index (χ1n) is 6.17. The van der Waals surface area contributed by atoms with Crippen molar-refractivity contribution in [3.8, 4) is 0 Å². The van der Waals surface area contributed by atoms with Gasteiger partial charge < -0.3 is 5.32 Å². The highest BCUT2D eigenvalue weighted by Crippen LogP contribution is 2.19. The molecule has 0 saturated carbocycles. The largest absolute Gasteiger partial charge is 0.326 e. The van der Waals surface area contributed by atoms with Crippen LogP contribution < -0.4 is 5.32 Å². The zero-order valence-electron chi connectivity index (χ0n) is 11.0. The van der Waals surface area contributed by atoms with E-state index in [0.717, 1.165) is 5.41 Å². The highest BCUT2D eigenvalue weighted by molar-refractivity contribution is 7.94. The molecular formula is C14H15NO4S. The van der Waals surface area contributed by atoms with Gasteiger partial charge in [-0.3, -0.25) is 9.59 Å². The molecule has 1 N–H and O–H groups in total. The van der Waals surface area contributed by atoms with Crippen LogP contribution in [0.1, 0.15) is 23.7 Å². The number of hydrogen-bond donors (Lipinski definition) is 1. The summed E-state index contributed by atoms with van der Waals surface area (Å²) in [7, 11) is -3.13. The summed E-state index contributed by atoms with van der Waals surface area (Å²) in [5, 5.41) is 3.84. The SMILES string of the molecule is CC(=O)c1ccc(NC(=O)CC2C=CS(=O)(=O)C2)cc1. The molecule has 5 nitrogen and oxygen atoms in total. The molecular weight excluding hydrogens is 278 g/mol. The van der Waals surface area contributed by atoms with E-state index < -0.39 is 9.84 Å². The number of Topliss-reactive ketones (excluding diaryl/α,β-unsaturated/α-hetero) is 1. The Bertz CT molecular complexity index is 659. The second-order valence-electron chi connectivity index (χ2n) is 4.80. The van der Waals surface area contributed by atoms with Gasteiger partial charge in [-0.1, -0.05) is 6.08 Å². The molecule has 1 heterocycles. The lowest BCUT2D eigenvalue weighted by Crippen LogP contribution is -2.17. The van der Waals surface area contributed by atoms with E-state index in [9.17, 15) is 18.0 Å². The molecule has 1 amide bonds. The highest BCUT2D eigenvalue weighted by atomic mass is 32.2. The maximum absolute atomic E-state index is 11.8. The second-order valence-corrected chi connectivity index (χ2v) is 6.74. The van der Waals surface area contributed by atoms with Crippen molar-refractivity contribution in [2.75, 3.05) is 11.1 Å². The Morgan fingerprint density at radius 2 is 1.90 bits per heavy atom. The van der Waals surface area contributed by atoms with Gasteiger partial charge in [-0.15, -0.1) is 0 Å². The van der Waals surface area contributed by atoms with Crippen molar-refractivity contribution in [1.29, 1.82) is 0 Å². The zero-order chi connectivity index (χ0) is 14.8. The third-order valence-corrected chi connectivity index (χ3v) is 4.49. The van der Waals surface area contributed by atoms with Gasteiger partial charge in [0.2, 0.25) is 5.91 Å². The summed E-state index contributed by atoms with van der Waals surface area (Å²) in [6.07, 6.45) is 1.68. The molecule has 106 valence electrons. The van der Waals surface area contributed by atoms with E-state index in [0.29, 0.717) is 11.3 Å². The molecule has 0 saturated heterocycles. The molecule has 0 aromatic heterocycles. The minimum Gasteiger partial charge on any atom is -0.326 e. The van der Waals surface area contributed by atoms with E-state index in [-0.39, 0.29) is 29.8 Å². The van der Waals surface area contributed by atoms with Gasteiger partial charge >= 0.3 is 0 Å². The topological polar surface area (TPSA) is 80.3 Å². The van der Waals surface area contributed by atoms with Gasteiger partial charge in [-0.05, 0) is 31.2 Å². The molecule has 0 fully saturated rings. The Labute approximate surface area is 117 Å². The molecule has 6 heteroatoms. The zero-order valence-corrected chi connectivity index (χ0v) is 11.8. The molecule has 1 atom stereocenters. The van der Waals surface area contributed by atoms with Gasteiger partial charge in [0, 0.05) is 29.0 Å². The number of allylic oxidation sites excluding steroid dienone is 1. The molecule has 20 heavy (non-hydrogen) atoms. The van der Waals surface area contributed by atoms with Crippen molar-refractivity contribution in [2.24, 2.45) is 5.92 Å². The van der Waals surface area contributed by atoms with Crippen LogP contribution in [0.2, 0.25) is 0 Å². The van der Waals surface area contributed by atoms with Crippen molar-refractivity contribution in [1.82, 2.24) is 0 Å². The molecule has 0 radical (unpaired) electrons.